The molecule has 0 aliphatic carbocycles. The summed E-state index contributed by atoms with van der Waals surface area (Å²) < 4.78 is 0. The molecular weight excluding hydrogens is 429 g/mol. The minimum Gasteiger partial charge on any atom is -0.325 e. The number of allylic oxidation sites excluding steroid dienone is 1. The number of piperidine rings is 1. The molecule has 2 aromatic carbocycles. The van der Waals surface area contributed by atoms with E-state index in [1.165, 1.54) is 0 Å². The Balaban J connectivity index is 2.25. The van der Waals surface area contributed by atoms with Gasteiger partial charge in [-0.1, -0.05) is 67.4 Å². The van der Waals surface area contributed by atoms with Crippen molar-refractivity contribution in [1.82, 2.24) is 4.90 Å². The van der Waals surface area contributed by atoms with Crippen LogP contribution in [0, 0.1) is 5.41 Å². The predicted octanol–water partition coefficient (Wildman–Crippen LogP) is 7.00. The maximum atomic E-state index is 13.9. The molecular formula is C26H29Cl2NO2. The van der Waals surface area contributed by atoms with Crippen molar-refractivity contribution < 1.29 is 9.59 Å². The van der Waals surface area contributed by atoms with Gasteiger partial charge in [0.05, 0.1) is 17.5 Å². The van der Waals surface area contributed by atoms with Gasteiger partial charge in [-0.15, -0.1) is 6.58 Å². The molecule has 0 bridgehead atoms. The van der Waals surface area contributed by atoms with Crippen molar-refractivity contribution in [2.24, 2.45) is 5.41 Å². The number of rotatable bonds is 7. The lowest BCUT2D eigenvalue weighted by molar-refractivity contribution is -0.157. The largest absolute Gasteiger partial charge is 0.325 e. The highest BCUT2D eigenvalue weighted by Crippen LogP contribution is 2.52. The highest BCUT2D eigenvalue weighted by molar-refractivity contribution is 6.30. The number of hydrogen-bond donors (Lipinski definition) is 0. The molecule has 0 N–H and O–H groups in total. The summed E-state index contributed by atoms with van der Waals surface area (Å²) in [5.74, 6) is -0.0499. The molecule has 3 nitrogen and oxygen atoms in total. The van der Waals surface area contributed by atoms with Gasteiger partial charge < -0.3 is 4.90 Å². The van der Waals surface area contributed by atoms with E-state index in [2.05, 4.69) is 12.6 Å². The Morgan fingerprint density at radius 1 is 1.19 bits per heavy atom. The first-order valence-corrected chi connectivity index (χ1v) is 11.4. The van der Waals surface area contributed by atoms with Crippen LogP contribution in [0.15, 0.2) is 61.2 Å². The molecule has 1 saturated heterocycles. The van der Waals surface area contributed by atoms with Gasteiger partial charge in [0.25, 0.3) is 0 Å². The topological polar surface area (TPSA) is 37.4 Å². The number of ketones is 1. The van der Waals surface area contributed by atoms with Gasteiger partial charge in [-0.25, -0.2) is 0 Å². The van der Waals surface area contributed by atoms with Crippen LogP contribution < -0.4 is 0 Å². The van der Waals surface area contributed by atoms with Gasteiger partial charge >= 0.3 is 0 Å². The first-order chi connectivity index (χ1) is 14.7. The maximum Gasteiger partial charge on any atom is 0.229 e. The van der Waals surface area contributed by atoms with E-state index in [0.717, 1.165) is 11.1 Å². The Morgan fingerprint density at radius 3 is 2.42 bits per heavy atom. The summed E-state index contributed by atoms with van der Waals surface area (Å²) in [4.78, 5) is 28.4. The SMILES string of the molecule is C=CC[C@]1(C)CC(c2cccc(Cl)c2)[C@@H](c2ccc(Cl)cc2)N([C@@H](CC)C(C)=O)C1=O. The van der Waals surface area contributed by atoms with E-state index in [4.69, 9.17) is 23.2 Å². The molecule has 3 rings (SSSR count). The van der Waals surface area contributed by atoms with E-state index in [9.17, 15) is 9.59 Å². The van der Waals surface area contributed by atoms with Crippen molar-refractivity contribution in [3.8, 4) is 0 Å². The Hall–Kier alpha value is -2.10. The van der Waals surface area contributed by atoms with Gasteiger partial charge in [-0.05, 0) is 61.6 Å². The van der Waals surface area contributed by atoms with Gasteiger partial charge in [0.1, 0.15) is 0 Å². The second-order valence-corrected chi connectivity index (χ2v) is 9.54. The Labute approximate surface area is 195 Å². The number of nitrogens with zero attached hydrogens (tertiary/aromatic N) is 1. The molecule has 1 fully saturated rings. The number of carbonyl (C=O) groups excluding carboxylic acids is 2. The molecule has 0 spiro atoms. The molecule has 1 amide bonds. The summed E-state index contributed by atoms with van der Waals surface area (Å²) in [7, 11) is 0. The fourth-order valence-corrected chi connectivity index (χ4v) is 5.24. The van der Waals surface area contributed by atoms with Crippen LogP contribution in [0.1, 0.15) is 63.1 Å². The lowest BCUT2D eigenvalue weighted by Crippen LogP contribution is -2.57. The van der Waals surface area contributed by atoms with Crippen LogP contribution in [-0.2, 0) is 9.59 Å². The summed E-state index contributed by atoms with van der Waals surface area (Å²) in [6, 6.07) is 14.6. The van der Waals surface area contributed by atoms with E-state index in [-0.39, 0.29) is 23.7 Å². The van der Waals surface area contributed by atoms with Gasteiger partial charge in [-0.3, -0.25) is 9.59 Å². The third kappa shape index (κ3) is 4.73. The van der Waals surface area contributed by atoms with Crippen molar-refractivity contribution in [3.63, 3.8) is 0 Å². The van der Waals surface area contributed by atoms with Gasteiger partial charge in [0.2, 0.25) is 5.91 Å². The summed E-state index contributed by atoms with van der Waals surface area (Å²) in [5, 5.41) is 1.28. The summed E-state index contributed by atoms with van der Waals surface area (Å²) in [6.45, 7) is 9.38. The van der Waals surface area contributed by atoms with Gasteiger partial charge in [0, 0.05) is 16.0 Å². The number of likely N-dealkylation sites (tertiary alicyclic amines) is 1. The van der Waals surface area contributed by atoms with E-state index in [0.29, 0.717) is 29.3 Å². The molecule has 1 heterocycles. The molecule has 5 heteroatoms. The third-order valence-corrected chi connectivity index (χ3v) is 6.86. The van der Waals surface area contributed by atoms with Crippen LogP contribution in [0.25, 0.3) is 0 Å². The lowest BCUT2D eigenvalue weighted by atomic mass is 9.67. The summed E-state index contributed by atoms with van der Waals surface area (Å²) in [5.41, 5.74) is 1.36. The monoisotopic (exact) mass is 457 g/mol. The van der Waals surface area contributed by atoms with E-state index in [1.807, 2.05) is 61.2 Å². The standard InChI is InChI=1S/C26H29Cl2NO2/c1-5-14-26(4)16-22(19-8-7-9-21(28)15-19)24(18-10-12-20(27)13-11-18)29(25(26)31)23(6-2)17(3)30/h5,7-13,15,22-24H,1,6,14,16H2,2-4H3/t22?,23-,24+,26+/m0/s1. The van der Waals surface area contributed by atoms with Crippen LogP contribution in [0.3, 0.4) is 0 Å². The number of halogens is 2. The fraction of sp³-hybridized carbons (Fsp3) is 0.385. The number of benzene rings is 2. The van der Waals surface area contributed by atoms with E-state index in [1.54, 1.807) is 13.0 Å². The number of amides is 1. The number of carbonyl (C=O) groups is 2. The Morgan fingerprint density at radius 2 is 1.87 bits per heavy atom. The maximum absolute atomic E-state index is 13.9. The van der Waals surface area contributed by atoms with Gasteiger partial charge in [-0.2, -0.15) is 0 Å². The Bertz CT molecular complexity index is 972. The smallest absolute Gasteiger partial charge is 0.229 e. The minimum atomic E-state index is -0.652. The van der Waals surface area contributed by atoms with Crippen LogP contribution >= 0.6 is 23.2 Å². The second kappa shape index (κ2) is 9.58. The highest BCUT2D eigenvalue weighted by atomic mass is 35.5. The van der Waals surface area contributed by atoms with E-state index >= 15 is 0 Å². The molecule has 0 aromatic heterocycles. The molecule has 31 heavy (non-hydrogen) atoms. The second-order valence-electron chi connectivity index (χ2n) is 8.66. The molecule has 1 unspecified atom stereocenters. The van der Waals surface area contributed by atoms with E-state index < -0.39 is 11.5 Å². The van der Waals surface area contributed by atoms with Crippen molar-refractivity contribution in [1.29, 1.82) is 0 Å². The normalized spacial score (nSPS) is 24.7. The van der Waals surface area contributed by atoms with Crippen molar-refractivity contribution in [2.45, 2.75) is 58.0 Å². The summed E-state index contributed by atoms with van der Waals surface area (Å²) >= 11 is 12.5. The predicted molar refractivity (Wildman–Crippen MR) is 128 cm³/mol. The van der Waals surface area contributed by atoms with Crippen LogP contribution in [0.5, 0.6) is 0 Å². The zero-order valence-corrected chi connectivity index (χ0v) is 19.8. The fourth-order valence-electron chi connectivity index (χ4n) is 4.91. The first kappa shape index (κ1) is 23.6. The number of hydrogen-bond acceptors (Lipinski definition) is 2. The zero-order valence-electron chi connectivity index (χ0n) is 18.3. The van der Waals surface area contributed by atoms with Gasteiger partial charge in [0.15, 0.2) is 5.78 Å². The molecule has 2 aromatic rings. The van der Waals surface area contributed by atoms with Crippen LogP contribution in [0.4, 0.5) is 0 Å². The molecule has 1 aliphatic rings. The molecule has 164 valence electrons. The van der Waals surface area contributed by atoms with Crippen molar-refractivity contribution >= 4 is 34.9 Å². The minimum absolute atomic E-state index is 0.00678. The molecule has 1 aliphatic heterocycles. The highest BCUT2D eigenvalue weighted by Gasteiger charge is 2.51. The summed E-state index contributed by atoms with van der Waals surface area (Å²) in [6.07, 6.45) is 3.53. The first-order valence-electron chi connectivity index (χ1n) is 10.7. The molecule has 0 saturated carbocycles. The lowest BCUT2D eigenvalue weighted by Gasteiger charge is -2.51. The third-order valence-electron chi connectivity index (χ3n) is 6.38. The van der Waals surface area contributed by atoms with Crippen molar-refractivity contribution in [3.05, 3.63) is 82.4 Å². The number of Topliss-reactive ketones (excluding diaryl/α,β-unsaturated/α-hetero) is 1. The average molecular weight is 458 g/mol. The Kier molecular flexibility index (Phi) is 7.28. The van der Waals surface area contributed by atoms with Crippen LogP contribution in [-0.4, -0.2) is 22.6 Å². The quantitative estimate of drug-likeness (QED) is 0.419. The van der Waals surface area contributed by atoms with Crippen LogP contribution in [0.2, 0.25) is 10.0 Å². The molecule has 0 radical (unpaired) electrons. The molecule has 4 atom stereocenters. The average Bonchev–Trinajstić information content (AvgIpc) is 2.72. The van der Waals surface area contributed by atoms with Crippen molar-refractivity contribution in [2.75, 3.05) is 0 Å². The zero-order chi connectivity index (χ0) is 22.8.